The van der Waals surface area contributed by atoms with Gasteiger partial charge in [0.2, 0.25) is 0 Å². The molecule has 1 heterocycles. The number of fused-ring (bicyclic) bond motifs is 7. The van der Waals surface area contributed by atoms with Crippen molar-refractivity contribution in [1.82, 2.24) is 0 Å². The Kier molecular flexibility index (Phi) is 1.87. The minimum Gasteiger partial charge on any atom is -0.455 e. The van der Waals surface area contributed by atoms with Crippen molar-refractivity contribution in [2.24, 2.45) is 0 Å². The van der Waals surface area contributed by atoms with Crippen molar-refractivity contribution < 1.29 is 9.21 Å². The summed E-state index contributed by atoms with van der Waals surface area (Å²) in [6.45, 7) is 0. The van der Waals surface area contributed by atoms with Gasteiger partial charge in [0.1, 0.15) is 11.2 Å². The van der Waals surface area contributed by atoms with Gasteiger partial charge in [0.15, 0.2) is 5.78 Å². The zero-order valence-corrected chi connectivity index (χ0v) is 11.1. The van der Waals surface area contributed by atoms with E-state index in [2.05, 4.69) is 6.07 Å². The SMILES string of the molecule is O=C1c2ccccc2-c2c1ccc1c2oc2ccccc21. The first kappa shape index (κ1) is 10.9. The van der Waals surface area contributed by atoms with Crippen molar-refractivity contribution in [3.05, 3.63) is 71.8 Å². The van der Waals surface area contributed by atoms with Gasteiger partial charge in [-0.25, -0.2) is 0 Å². The molecule has 1 aromatic heterocycles. The highest BCUT2D eigenvalue weighted by Gasteiger charge is 2.29. The molecule has 5 rings (SSSR count). The second kappa shape index (κ2) is 3.61. The lowest BCUT2D eigenvalue weighted by atomic mass is 10.0. The van der Waals surface area contributed by atoms with Gasteiger partial charge in [0.25, 0.3) is 0 Å². The maximum absolute atomic E-state index is 12.5. The van der Waals surface area contributed by atoms with E-state index in [1.54, 1.807) is 0 Å². The van der Waals surface area contributed by atoms with Crippen molar-refractivity contribution in [2.75, 3.05) is 0 Å². The Bertz CT molecular complexity index is 1050. The smallest absolute Gasteiger partial charge is 0.194 e. The molecule has 0 aliphatic heterocycles. The summed E-state index contributed by atoms with van der Waals surface area (Å²) in [7, 11) is 0. The van der Waals surface area contributed by atoms with Gasteiger partial charge in [-0.15, -0.1) is 0 Å². The van der Waals surface area contributed by atoms with Crippen LogP contribution in [0.1, 0.15) is 15.9 Å². The largest absolute Gasteiger partial charge is 0.455 e. The van der Waals surface area contributed by atoms with Crippen LogP contribution in [0.5, 0.6) is 0 Å². The lowest BCUT2D eigenvalue weighted by Gasteiger charge is -2.00. The lowest BCUT2D eigenvalue weighted by molar-refractivity contribution is 0.104. The van der Waals surface area contributed by atoms with E-state index in [1.165, 1.54) is 0 Å². The fourth-order valence-electron chi connectivity index (χ4n) is 3.29. The number of carbonyl (C=O) groups excluding carboxylic acids is 1. The van der Waals surface area contributed by atoms with Crippen LogP contribution in [0.15, 0.2) is 65.1 Å². The van der Waals surface area contributed by atoms with Crippen LogP contribution in [0.4, 0.5) is 0 Å². The Morgan fingerprint density at radius 2 is 1.43 bits per heavy atom. The predicted octanol–water partition coefficient (Wildman–Crippen LogP) is 4.80. The van der Waals surface area contributed by atoms with E-state index in [4.69, 9.17) is 4.42 Å². The third-order valence-corrected chi connectivity index (χ3v) is 4.23. The summed E-state index contributed by atoms with van der Waals surface area (Å²) in [4.78, 5) is 12.5. The van der Waals surface area contributed by atoms with Crippen LogP contribution < -0.4 is 0 Å². The normalized spacial score (nSPS) is 12.9. The summed E-state index contributed by atoms with van der Waals surface area (Å²) in [6, 6.07) is 19.6. The summed E-state index contributed by atoms with van der Waals surface area (Å²) >= 11 is 0. The number of ketones is 1. The standard InChI is InChI=1S/C19H10O2/c20-18-13-7-2-1-6-12(13)17-15(18)10-9-14-11-5-3-4-8-16(11)21-19(14)17/h1-10H. The number of benzene rings is 3. The molecule has 0 amide bonds. The van der Waals surface area contributed by atoms with Crippen molar-refractivity contribution >= 4 is 27.7 Å². The van der Waals surface area contributed by atoms with Crippen LogP contribution in [0.3, 0.4) is 0 Å². The van der Waals surface area contributed by atoms with E-state index < -0.39 is 0 Å². The van der Waals surface area contributed by atoms with Gasteiger partial charge in [-0.1, -0.05) is 42.5 Å². The third-order valence-electron chi connectivity index (χ3n) is 4.23. The van der Waals surface area contributed by atoms with E-state index in [1.807, 2.05) is 54.6 Å². The average Bonchev–Trinajstić information content (AvgIpc) is 3.04. The number of para-hydroxylation sites is 1. The first-order valence-electron chi connectivity index (χ1n) is 6.93. The number of carbonyl (C=O) groups is 1. The summed E-state index contributed by atoms with van der Waals surface area (Å²) in [5.74, 6) is 0.0861. The minimum absolute atomic E-state index is 0.0861. The Morgan fingerprint density at radius 3 is 2.33 bits per heavy atom. The van der Waals surface area contributed by atoms with Gasteiger partial charge < -0.3 is 4.42 Å². The average molecular weight is 270 g/mol. The molecule has 1 aliphatic carbocycles. The quantitative estimate of drug-likeness (QED) is 0.404. The van der Waals surface area contributed by atoms with E-state index >= 15 is 0 Å². The van der Waals surface area contributed by atoms with Gasteiger partial charge in [0, 0.05) is 27.5 Å². The fraction of sp³-hybridized carbons (Fsp3) is 0. The number of hydrogen-bond donors (Lipinski definition) is 0. The molecule has 0 bridgehead atoms. The summed E-state index contributed by atoms with van der Waals surface area (Å²) in [5.41, 5.74) is 5.08. The van der Waals surface area contributed by atoms with Gasteiger partial charge in [-0.2, -0.15) is 0 Å². The van der Waals surface area contributed by atoms with E-state index in [-0.39, 0.29) is 5.78 Å². The highest BCUT2D eigenvalue weighted by molar-refractivity contribution is 6.26. The van der Waals surface area contributed by atoms with Gasteiger partial charge in [-0.3, -0.25) is 4.79 Å². The number of hydrogen-bond acceptors (Lipinski definition) is 2. The monoisotopic (exact) mass is 270 g/mol. The highest BCUT2D eigenvalue weighted by atomic mass is 16.3. The minimum atomic E-state index is 0.0861. The van der Waals surface area contributed by atoms with Crippen LogP contribution in [0.2, 0.25) is 0 Å². The maximum atomic E-state index is 12.5. The van der Waals surface area contributed by atoms with Crippen molar-refractivity contribution in [2.45, 2.75) is 0 Å². The van der Waals surface area contributed by atoms with Crippen molar-refractivity contribution in [1.29, 1.82) is 0 Å². The molecule has 0 saturated heterocycles. The fourth-order valence-corrected chi connectivity index (χ4v) is 3.29. The van der Waals surface area contributed by atoms with Crippen LogP contribution in [0, 0.1) is 0 Å². The molecule has 4 aromatic rings. The summed E-state index contributed by atoms with van der Waals surface area (Å²) in [6.07, 6.45) is 0. The van der Waals surface area contributed by atoms with E-state index in [9.17, 15) is 4.79 Å². The molecule has 0 radical (unpaired) electrons. The molecule has 0 N–H and O–H groups in total. The van der Waals surface area contributed by atoms with Crippen LogP contribution in [0.25, 0.3) is 33.1 Å². The molecule has 0 fully saturated rings. The highest BCUT2D eigenvalue weighted by Crippen LogP contribution is 2.43. The second-order valence-electron chi connectivity index (χ2n) is 5.34. The van der Waals surface area contributed by atoms with Crippen LogP contribution in [-0.2, 0) is 0 Å². The third kappa shape index (κ3) is 1.24. The van der Waals surface area contributed by atoms with Gasteiger partial charge in [0.05, 0.1) is 0 Å². The molecule has 0 atom stereocenters. The molecule has 0 unspecified atom stereocenters. The summed E-state index contributed by atoms with van der Waals surface area (Å²) < 4.78 is 6.05. The molecular formula is C19H10O2. The molecule has 3 aromatic carbocycles. The zero-order valence-electron chi connectivity index (χ0n) is 11.1. The van der Waals surface area contributed by atoms with Gasteiger partial charge in [-0.05, 0) is 23.8 Å². The number of rotatable bonds is 0. The Labute approximate surface area is 120 Å². The Balaban J connectivity index is 2.02. The first-order chi connectivity index (χ1) is 10.3. The Morgan fingerprint density at radius 1 is 0.667 bits per heavy atom. The Hall–Kier alpha value is -2.87. The molecule has 0 saturated carbocycles. The van der Waals surface area contributed by atoms with E-state index in [0.717, 1.165) is 44.2 Å². The first-order valence-corrected chi connectivity index (χ1v) is 6.93. The second-order valence-corrected chi connectivity index (χ2v) is 5.34. The maximum Gasteiger partial charge on any atom is 0.194 e. The molecular weight excluding hydrogens is 260 g/mol. The topological polar surface area (TPSA) is 30.2 Å². The van der Waals surface area contributed by atoms with Crippen LogP contribution in [-0.4, -0.2) is 5.78 Å². The summed E-state index contributed by atoms with van der Waals surface area (Å²) in [5, 5.41) is 2.15. The van der Waals surface area contributed by atoms with Gasteiger partial charge >= 0.3 is 0 Å². The molecule has 1 aliphatic rings. The number of furan rings is 1. The molecule has 2 heteroatoms. The lowest BCUT2D eigenvalue weighted by Crippen LogP contribution is -1.93. The zero-order chi connectivity index (χ0) is 14.0. The van der Waals surface area contributed by atoms with E-state index in [0.29, 0.717) is 0 Å². The van der Waals surface area contributed by atoms with Crippen molar-refractivity contribution in [3.8, 4) is 11.1 Å². The molecule has 21 heavy (non-hydrogen) atoms. The molecule has 98 valence electrons. The van der Waals surface area contributed by atoms with Crippen LogP contribution >= 0.6 is 0 Å². The molecule has 2 nitrogen and oxygen atoms in total. The predicted molar refractivity (Wildman–Crippen MR) is 82.6 cm³/mol. The van der Waals surface area contributed by atoms with Crippen molar-refractivity contribution in [3.63, 3.8) is 0 Å². The molecule has 0 spiro atoms.